The number of aliphatic carboxylic acids is 1. The van der Waals surface area contributed by atoms with Crippen molar-refractivity contribution in [3.8, 4) is 0 Å². The molecule has 90 valence electrons. The van der Waals surface area contributed by atoms with Gasteiger partial charge in [-0.05, 0) is 12.8 Å². The molecule has 7 heteroatoms. The molecule has 0 rings (SSSR count). The SMILES string of the molecule is CC(C)(CCC[C@H](N)C(=O)O)[N+](=O)[O-].Cl. The average molecular weight is 241 g/mol. The molecule has 0 aromatic rings. The first-order chi connectivity index (χ1) is 6.27. The first-order valence-corrected chi connectivity index (χ1v) is 4.40. The number of nitrogens with two attached hydrogens (primary N) is 1. The topological polar surface area (TPSA) is 106 Å². The summed E-state index contributed by atoms with van der Waals surface area (Å²) in [5.74, 6) is -1.07. The van der Waals surface area contributed by atoms with E-state index in [2.05, 4.69) is 0 Å². The number of hydrogen-bond donors (Lipinski definition) is 2. The van der Waals surface area contributed by atoms with Crippen LogP contribution in [-0.4, -0.2) is 27.6 Å². The molecule has 0 aromatic carbocycles. The summed E-state index contributed by atoms with van der Waals surface area (Å²) in [6.45, 7) is 3.03. The van der Waals surface area contributed by atoms with Crippen LogP contribution in [0.3, 0.4) is 0 Å². The molecule has 0 bridgehead atoms. The van der Waals surface area contributed by atoms with Gasteiger partial charge in [0.1, 0.15) is 6.04 Å². The van der Waals surface area contributed by atoms with Gasteiger partial charge in [0.25, 0.3) is 0 Å². The van der Waals surface area contributed by atoms with Crippen molar-refractivity contribution in [2.45, 2.75) is 44.7 Å². The number of carboxylic acid groups (broad SMARTS) is 1. The van der Waals surface area contributed by atoms with Gasteiger partial charge in [-0.25, -0.2) is 0 Å². The first kappa shape index (κ1) is 16.5. The highest BCUT2D eigenvalue weighted by Gasteiger charge is 2.30. The van der Waals surface area contributed by atoms with Gasteiger partial charge in [0.2, 0.25) is 5.54 Å². The fraction of sp³-hybridized carbons (Fsp3) is 0.875. The number of nitro groups is 1. The number of hydrogen-bond acceptors (Lipinski definition) is 4. The van der Waals surface area contributed by atoms with Crippen molar-refractivity contribution >= 4 is 18.4 Å². The van der Waals surface area contributed by atoms with Gasteiger partial charge >= 0.3 is 5.97 Å². The highest BCUT2D eigenvalue weighted by molar-refractivity contribution is 5.85. The van der Waals surface area contributed by atoms with Crippen molar-refractivity contribution in [1.82, 2.24) is 0 Å². The van der Waals surface area contributed by atoms with Gasteiger partial charge in [-0.3, -0.25) is 14.9 Å². The zero-order valence-electron chi connectivity index (χ0n) is 8.80. The number of carbonyl (C=O) groups is 1. The maximum absolute atomic E-state index is 10.5. The Hall–Kier alpha value is -0.880. The number of carboxylic acids is 1. The van der Waals surface area contributed by atoms with Crippen LogP contribution in [0.1, 0.15) is 33.1 Å². The van der Waals surface area contributed by atoms with Crippen molar-refractivity contribution < 1.29 is 14.8 Å². The number of rotatable bonds is 6. The van der Waals surface area contributed by atoms with Crippen molar-refractivity contribution in [2.24, 2.45) is 5.73 Å². The predicted octanol–water partition coefficient (Wildman–Crippen LogP) is 1.05. The van der Waals surface area contributed by atoms with Gasteiger partial charge in [0, 0.05) is 25.2 Å². The molecule has 1 atom stereocenters. The summed E-state index contributed by atoms with van der Waals surface area (Å²) in [6, 6.07) is -0.919. The lowest BCUT2D eigenvalue weighted by atomic mass is 9.97. The van der Waals surface area contributed by atoms with Crippen molar-refractivity contribution in [2.75, 3.05) is 0 Å². The van der Waals surface area contributed by atoms with E-state index in [4.69, 9.17) is 10.8 Å². The lowest BCUT2D eigenvalue weighted by Gasteiger charge is -2.15. The van der Waals surface area contributed by atoms with Crippen LogP contribution in [0, 0.1) is 10.1 Å². The molecule has 0 aromatic heterocycles. The second-order valence-corrected chi connectivity index (χ2v) is 3.91. The molecular weight excluding hydrogens is 224 g/mol. The largest absolute Gasteiger partial charge is 0.480 e. The summed E-state index contributed by atoms with van der Waals surface area (Å²) in [7, 11) is 0. The van der Waals surface area contributed by atoms with E-state index in [0.29, 0.717) is 12.8 Å². The smallest absolute Gasteiger partial charge is 0.320 e. The molecule has 0 amide bonds. The number of nitrogens with zero attached hydrogens (tertiary/aromatic N) is 1. The summed E-state index contributed by atoms with van der Waals surface area (Å²) in [5, 5.41) is 19.0. The summed E-state index contributed by atoms with van der Waals surface area (Å²) >= 11 is 0. The summed E-state index contributed by atoms with van der Waals surface area (Å²) in [6.07, 6.45) is 1.05. The zero-order valence-corrected chi connectivity index (χ0v) is 9.62. The monoisotopic (exact) mass is 240 g/mol. The van der Waals surface area contributed by atoms with Gasteiger partial charge in [-0.2, -0.15) is 0 Å². The van der Waals surface area contributed by atoms with Gasteiger partial charge in [-0.15, -0.1) is 12.4 Å². The molecule has 0 spiro atoms. The van der Waals surface area contributed by atoms with E-state index in [1.807, 2.05) is 0 Å². The van der Waals surface area contributed by atoms with Gasteiger partial charge in [0.15, 0.2) is 0 Å². The molecule has 0 aliphatic heterocycles. The second kappa shape index (κ2) is 6.58. The molecular formula is C8H17ClN2O4. The normalized spacial score (nSPS) is 12.7. The standard InChI is InChI=1S/C8H16N2O4.ClH/c1-8(2,10(13)14)5-3-4-6(9)7(11)12;/h6H,3-5,9H2,1-2H3,(H,11,12);1H/t6-;/m0./s1. The molecule has 0 unspecified atom stereocenters. The van der Waals surface area contributed by atoms with E-state index in [1.54, 1.807) is 0 Å². The van der Waals surface area contributed by atoms with Crippen LogP contribution in [0.15, 0.2) is 0 Å². The van der Waals surface area contributed by atoms with Crippen molar-refractivity contribution in [1.29, 1.82) is 0 Å². The quantitative estimate of drug-likeness (QED) is 0.533. The van der Waals surface area contributed by atoms with E-state index < -0.39 is 17.6 Å². The molecule has 0 aliphatic carbocycles. The third kappa shape index (κ3) is 6.24. The van der Waals surface area contributed by atoms with Crippen LogP contribution in [0.4, 0.5) is 0 Å². The van der Waals surface area contributed by atoms with E-state index in [-0.39, 0.29) is 23.8 Å². The van der Waals surface area contributed by atoms with Crippen LogP contribution in [0.25, 0.3) is 0 Å². The average Bonchev–Trinajstić information content (AvgIpc) is 2.03. The number of halogens is 1. The molecule has 6 nitrogen and oxygen atoms in total. The minimum Gasteiger partial charge on any atom is -0.480 e. The predicted molar refractivity (Wildman–Crippen MR) is 57.8 cm³/mol. The van der Waals surface area contributed by atoms with Crippen molar-refractivity contribution in [3.05, 3.63) is 10.1 Å². The van der Waals surface area contributed by atoms with Crippen LogP contribution in [-0.2, 0) is 4.79 Å². The molecule has 0 saturated carbocycles. The summed E-state index contributed by atoms with van der Waals surface area (Å²) in [4.78, 5) is 20.5. The third-order valence-electron chi connectivity index (χ3n) is 2.12. The van der Waals surface area contributed by atoms with Crippen LogP contribution < -0.4 is 5.73 Å². The second-order valence-electron chi connectivity index (χ2n) is 3.91. The van der Waals surface area contributed by atoms with Crippen LogP contribution >= 0.6 is 12.4 Å². The van der Waals surface area contributed by atoms with Gasteiger partial charge in [0.05, 0.1) is 0 Å². The molecule has 0 aliphatic rings. The first-order valence-electron chi connectivity index (χ1n) is 4.40. The lowest BCUT2D eigenvalue weighted by molar-refractivity contribution is -0.561. The Labute approximate surface area is 94.4 Å². The Morgan fingerprint density at radius 2 is 2.07 bits per heavy atom. The molecule has 0 fully saturated rings. The third-order valence-corrected chi connectivity index (χ3v) is 2.12. The molecule has 3 N–H and O–H groups in total. The minimum absolute atomic E-state index is 0. The van der Waals surface area contributed by atoms with Crippen LogP contribution in [0.5, 0.6) is 0 Å². The van der Waals surface area contributed by atoms with E-state index in [9.17, 15) is 14.9 Å². The van der Waals surface area contributed by atoms with E-state index >= 15 is 0 Å². The maximum atomic E-state index is 10.5. The fourth-order valence-corrected chi connectivity index (χ4v) is 0.969. The zero-order chi connectivity index (χ0) is 11.4. The Bertz CT molecular complexity index is 233. The van der Waals surface area contributed by atoms with E-state index in [0.717, 1.165) is 0 Å². The van der Waals surface area contributed by atoms with Crippen molar-refractivity contribution in [3.63, 3.8) is 0 Å². The lowest BCUT2D eigenvalue weighted by Crippen LogP contribution is -2.33. The van der Waals surface area contributed by atoms with Gasteiger partial charge < -0.3 is 10.8 Å². The molecule has 0 radical (unpaired) electrons. The van der Waals surface area contributed by atoms with Crippen LogP contribution in [0.2, 0.25) is 0 Å². The highest BCUT2D eigenvalue weighted by Crippen LogP contribution is 2.17. The molecule has 0 saturated heterocycles. The summed E-state index contributed by atoms with van der Waals surface area (Å²) in [5.41, 5.74) is 4.25. The Kier molecular flexibility index (Phi) is 7.25. The fourth-order valence-electron chi connectivity index (χ4n) is 0.969. The maximum Gasteiger partial charge on any atom is 0.320 e. The summed E-state index contributed by atoms with van der Waals surface area (Å²) < 4.78 is 0. The molecule has 15 heavy (non-hydrogen) atoms. The van der Waals surface area contributed by atoms with E-state index in [1.165, 1.54) is 13.8 Å². The molecule has 0 heterocycles. The highest BCUT2D eigenvalue weighted by atomic mass is 35.5. The Morgan fingerprint density at radius 1 is 1.60 bits per heavy atom. The Balaban J connectivity index is 0. The minimum atomic E-state index is -1.07. The Morgan fingerprint density at radius 3 is 2.40 bits per heavy atom. The van der Waals surface area contributed by atoms with Gasteiger partial charge in [-0.1, -0.05) is 0 Å².